The maximum Gasteiger partial charge on any atom is 0.271 e. The van der Waals surface area contributed by atoms with E-state index in [-0.39, 0.29) is 16.8 Å². The van der Waals surface area contributed by atoms with Crippen molar-refractivity contribution in [1.29, 1.82) is 0 Å². The molecule has 0 fully saturated rings. The van der Waals surface area contributed by atoms with Crippen LogP contribution >= 0.6 is 0 Å². The van der Waals surface area contributed by atoms with Crippen LogP contribution < -0.4 is 0 Å². The van der Waals surface area contributed by atoms with Gasteiger partial charge in [-0.25, -0.2) is 8.78 Å². The highest BCUT2D eigenvalue weighted by atomic mass is 19.3. The highest BCUT2D eigenvalue weighted by Gasteiger charge is 2.11. The van der Waals surface area contributed by atoms with E-state index in [1.165, 1.54) is 18.2 Å². The predicted molar refractivity (Wildman–Crippen MR) is 103 cm³/mol. The zero-order chi connectivity index (χ0) is 19.4. The van der Waals surface area contributed by atoms with Crippen molar-refractivity contribution in [3.8, 4) is 11.1 Å². The number of halogens is 4. The van der Waals surface area contributed by atoms with E-state index in [1.54, 1.807) is 24.3 Å². The third-order valence-electron chi connectivity index (χ3n) is 4.43. The van der Waals surface area contributed by atoms with Crippen LogP contribution in [0.2, 0.25) is 0 Å². The van der Waals surface area contributed by atoms with Crippen LogP contribution in [0.3, 0.4) is 0 Å². The van der Waals surface area contributed by atoms with Crippen LogP contribution in [-0.4, -0.2) is 0 Å². The smallest absolute Gasteiger partial charge is 0.206 e. The normalized spacial score (nSPS) is 11.3. The number of rotatable bonds is 5. The first-order chi connectivity index (χ1) is 13.0. The van der Waals surface area contributed by atoms with Crippen molar-refractivity contribution in [2.45, 2.75) is 19.8 Å². The van der Waals surface area contributed by atoms with Crippen molar-refractivity contribution < 1.29 is 17.6 Å². The summed E-state index contributed by atoms with van der Waals surface area (Å²) in [6, 6.07) is 12.7. The fourth-order valence-electron chi connectivity index (χ4n) is 3.07. The van der Waals surface area contributed by atoms with Gasteiger partial charge in [-0.05, 0) is 48.4 Å². The standard InChI is InChI=1S/C23H18F4/c1-2-3-4-5-15-6-10-19(21(24)12-15)16-9-11-20-17(13-16)7-8-18(23(20)27)14-22(25)26/h2-3,6-14H,4-5H2,1H3/b3-2+. The lowest BCUT2D eigenvalue weighted by molar-refractivity contribution is 0.429. The Labute approximate surface area is 155 Å². The third-order valence-corrected chi connectivity index (χ3v) is 4.43. The molecule has 0 atom stereocenters. The minimum atomic E-state index is -1.96. The molecule has 0 nitrogen and oxygen atoms in total. The molecule has 4 heteroatoms. The second-order valence-corrected chi connectivity index (χ2v) is 6.26. The SMILES string of the molecule is C/C=C/CCc1ccc(-c2ccc3c(F)c(C=C(F)F)ccc3c2)c(F)c1. The minimum Gasteiger partial charge on any atom is -0.206 e. The van der Waals surface area contributed by atoms with E-state index >= 15 is 0 Å². The molecule has 0 aromatic heterocycles. The number of aryl methyl sites for hydroxylation is 1. The van der Waals surface area contributed by atoms with Crippen LogP contribution in [0.4, 0.5) is 17.6 Å². The van der Waals surface area contributed by atoms with E-state index in [1.807, 2.05) is 25.1 Å². The van der Waals surface area contributed by atoms with Gasteiger partial charge in [-0.2, -0.15) is 8.78 Å². The molecule has 0 bridgehead atoms. The first-order valence-electron chi connectivity index (χ1n) is 8.64. The van der Waals surface area contributed by atoms with Crippen LogP contribution in [-0.2, 0) is 6.42 Å². The zero-order valence-electron chi connectivity index (χ0n) is 14.8. The highest BCUT2D eigenvalue weighted by molar-refractivity contribution is 5.89. The van der Waals surface area contributed by atoms with Crippen molar-refractivity contribution in [3.63, 3.8) is 0 Å². The van der Waals surface area contributed by atoms with Gasteiger partial charge in [0.2, 0.25) is 0 Å². The van der Waals surface area contributed by atoms with Gasteiger partial charge in [0, 0.05) is 22.6 Å². The molecule has 0 aliphatic carbocycles. The number of hydrogen-bond acceptors (Lipinski definition) is 0. The molecule has 0 saturated carbocycles. The molecule has 3 aromatic rings. The summed E-state index contributed by atoms with van der Waals surface area (Å²) < 4.78 is 53.8. The Hall–Kier alpha value is -2.88. The number of fused-ring (bicyclic) bond motifs is 1. The van der Waals surface area contributed by atoms with Gasteiger partial charge in [-0.3, -0.25) is 0 Å². The average molecular weight is 370 g/mol. The van der Waals surface area contributed by atoms with E-state index in [0.717, 1.165) is 18.4 Å². The van der Waals surface area contributed by atoms with Crippen LogP contribution in [0.1, 0.15) is 24.5 Å². The fraction of sp³-hybridized carbons (Fsp3) is 0.130. The third kappa shape index (κ3) is 4.27. The van der Waals surface area contributed by atoms with Gasteiger partial charge in [-0.1, -0.05) is 48.6 Å². The van der Waals surface area contributed by atoms with Crippen LogP contribution in [0.25, 0.3) is 28.0 Å². The Morgan fingerprint density at radius 3 is 2.48 bits per heavy atom. The summed E-state index contributed by atoms with van der Waals surface area (Å²) in [4.78, 5) is 0. The molecule has 0 spiro atoms. The summed E-state index contributed by atoms with van der Waals surface area (Å²) in [7, 11) is 0. The molecule has 0 aliphatic heterocycles. The molecule has 0 saturated heterocycles. The van der Waals surface area contributed by atoms with E-state index < -0.39 is 11.9 Å². The van der Waals surface area contributed by atoms with E-state index in [0.29, 0.717) is 22.6 Å². The quantitative estimate of drug-likeness (QED) is 0.322. The van der Waals surface area contributed by atoms with Gasteiger partial charge in [0.25, 0.3) is 6.08 Å². The molecule has 0 N–H and O–H groups in total. The lowest BCUT2D eigenvalue weighted by Gasteiger charge is -2.09. The number of allylic oxidation sites excluding steroid dienone is 2. The Bertz CT molecular complexity index is 1030. The minimum absolute atomic E-state index is 0.174. The Morgan fingerprint density at radius 2 is 1.78 bits per heavy atom. The van der Waals surface area contributed by atoms with Gasteiger partial charge in [0.05, 0.1) is 0 Å². The molecule has 3 aromatic carbocycles. The molecule has 0 radical (unpaired) electrons. The van der Waals surface area contributed by atoms with E-state index in [9.17, 15) is 17.6 Å². The van der Waals surface area contributed by atoms with Crippen LogP contribution in [0.15, 0.2) is 66.8 Å². The summed E-state index contributed by atoms with van der Waals surface area (Å²) in [5.74, 6) is -1.06. The van der Waals surface area contributed by atoms with E-state index in [4.69, 9.17) is 0 Å². The number of benzene rings is 3. The largest absolute Gasteiger partial charge is 0.271 e. The number of hydrogen-bond donors (Lipinski definition) is 0. The van der Waals surface area contributed by atoms with Crippen molar-refractivity contribution >= 4 is 16.8 Å². The lowest BCUT2D eigenvalue weighted by atomic mass is 9.97. The van der Waals surface area contributed by atoms with Gasteiger partial charge in [0.1, 0.15) is 11.6 Å². The van der Waals surface area contributed by atoms with Gasteiger partial charge in [0.15, 0.2) is 0 Å². The van der Waals surface area contributed by atoms with Crippen molar-refractivity contribution in [2.75, 3.05) is 0 Å². The van der Waals surface area contributed by atoms with Gasteiger partial charge >= 0.3 is 0 Å². The topological polar surface area (TPSA) is 0 Å². The molecule has 0 aliphatic rings. The molecular formula is C23H18F4. The van der Waals surface area contributed by atoms with Crippen LogP contribution in [0, 0.1) is 11.6 Å². The Morgan fingerprint density at radius 1 is 0.963 bits per heavy atom. The van der Waals surface area contributed by atoms with Crippen molar-refractivity contribution in [1.82, 2.24) is 0 Å². The average Bonchev–Trinajstić information content (AvgIpc) is 2.64. The van der Waals surface area contributed by atoms with Gasteiger partial charge in [-0.15, -0.1) is 0 Å². The molecule has 27 heavy (non-hydrogen) atoms. The summed E-state index contributed by atoms with van der Waals surface area (Å²) in [6.45, 7) is 1.94. The second kappa shape index (κ2) is 8.21. The summed E-state index contributed by atoms with van der Waals surface area (Å²) in [5.41, 5.74) is 1.77. The molecule has 0 amide bonds. The molecular weight excluding hydrogens is 352 g/mol. The zero-order valence-corrected chi connectivity index (χ0v) is 14.8. The monoisotopic (exact) mass is 370 g/mol. The van der Waals surface area contributed by atoms with Crippen molar-refractivity contribution in [2.24, 2.45) is 0 Å². The van der Waals surface area contributed by atoms with Gasteiger partial charge < -0.3 is 0 Å². The fourth-order valence-corrected chi connectivity index (χ4v) is 3.07. The molecule has 138 valence electrons. The maximum absolute atomic E-state index is 14.5. The second-order valence-electron chi connectivity index (χ2n) is 6.26. The maximum atomic E-state index is 14.5. The summed E-state index contributed by atoms with van der Waals surface area (Å²) in [5, 5.41) is 0.745. The molecule has 0 heterocycles. The lowest BCUT2D eigenvalue weighted by Crippen LogP contribution is -1.91. The highest BCUT2D eigenvalue weighted by Crippen LogP contribution is 2.30. The first kappa shape index (κ1) is 18.9. The summed E-state index contributed by atoms with van der Waals surface area (Å²) >= 11 is 0. The first-order valence-corrected chi connectivity index (χ1v) is 8.64. The Balaban J connectivity index is 1.97. The Kier molecular flexibility index (Phi) is 5.75. The van der Waals surface area contributed by atoms with Crippen molar-refractivity contribution in [3.05, 3.63) is 89.5 Å². The molecule has 0 unspecified atom stereocenters. The summed E-state index contributed by atoms with van der Waals surface area (Å²) in [6.07, 6.45) is 4.13. The van der Waals surface area contributed by atoms with E-state index in [2.05, 4.69) is 0 Å². The van der Waals surface area contributed by atoms with Crippen LogP contribution in [0.5, 0.6) is 0 Å². The molecule has 3 rings (SSSR count). The predicted octanol–water partition coefficient (Wildman–Crippen LogP) is 7.53.